The number of fused-ring (bicyclic) bond motifs is 1. The third kappa shape index (κ3) is 4.48. The lowest BCUT2D eigenvalue weighted by atomic mass is 10.2. The Morgan fingerprint density at radius 2 is 1.93 bits per heavy atom. The fourth-order valence-electron chi connectivity index (χ4n) is 2.23. The fraction of sp³-hybridized carbons (Fsp3) is 0.176. The molecule has 0 fully saturated rings. The summed E-state index contributed by atoms with van der Waals surface area (Å²) in [6, 6.07) is 6.28. The molecule has 3 rings (SSSR count). The molecule has 3 aromatic rings. The van der Waals surface area contributed by atoms with Gasteiger partial charge in [-0.1, -0.05) is 53.2 Å². The van der Waals surface area contributed by atoms with Crippen LogP contribution in [0, 0.1) is 6.92 Å². The SMILES string of the molecule is Cc1c(Cl)cnc(NC(=O)CSc2nc(C(F)(F)F)nc3ccccc23)c1Cl. The molecular formula is C17H11Cl2F3N4OS. The van der Waals surface area contributed by atoms with Crippen LogP contribution in [0.3, 0.4) is 0 Å². The van der Waals surface area contributed by atoms with E-state index in [4.69, 9.17) is 23.2 Å². The van der Waals surface area contributed by atoms with E-state index in [-0.39, 0.29) is 27.1 Å². The number of hydrogen-bond donors (Lipinski definition) is 1. The molecule has 1 amide bonds. The van der Waals surface area contributed by atoms with Crippen molar-refractivity contribution in [1.82, 2.24) is 15.0 Å². The Kier molecular flexibility index (Phi) is 5.97. The molecule has 146 valence electrons. The fourth-order valence-corrected chi connectivity index (χ4v) is 3.44. The molecule has 0 aliphatic heterocycles. The molecule has 1 aromatic carbocycles. The molecule has 1 N–H and O–H groups in total. The first-order chi connectivity index (χ1) is 13.2. The van der Waals surface area contributed by atoms with Crippen LogP contribution in [0.25, 0.3) is 10.9 Å². The number of halogens is 5. The van der Waals surface area contributed by atoms with Gasteiger partial charge >= 0.3 is 6.18 Å². The minimum Gasteiger partial charge on any atom is -0.309 e. The zero-order valence-electron chi connectivity index (χ0n) is 14.1. The van der Waals surface area contributed by atoms with E-state index in [1.165, 1.54) is 12.3 Å². The van der Waals surface area contributed by atoms with Crippen LogP contribution in [0.4, 0.5) is 19.0 Å². The molecule has 0 atom stereocenters. The predicted octanol–water partition coefficient (Wildman–Crippen LogP) is 5.39. The van der Waals surface area contributed by atoms with Crippen LogP contribution in [0.5, 0.6) is 0 Å². The number of rotatable bonds is 4. The topological polar surface area (TPSA) is 67.8 Å². The maximum atomic E-state index is 13.0. The molecule has 0 bridgehead atoms. The summed E-state index contributed by atoms with van der Waals surface area (Å²) in [5, 5.41) is 3.54. The second-order valence-electron chi connectivity index (χ2n) is 5.60. The first kappa shape index (κ1) is 20.6. The largest absolute Gasteiger partial charge is 0.451 e. The van der Waals surface area contributed by atoms with Gasteiger partial charge in [0.15, 0.2) is 5.82 Å². The Balaban J connectivity index is 1.81. The maximum Gasteiger partial charge on any atom is 0.451 e. The molecule has 2 heterocycles. The predicted molar refractivity (Wildman–Crippen MR) is 103 cm³/mol. The monoisotopic (exact) mass is 446 g/mol. The van der Waals surface area contributed by atoms with Crippen LogP contribution in [0.2, 0.25) is 10.0 Å². The highest BCUT2D eigenvalue weighted by molar-refractivity contribution is 8.00. The highest BCUT2D eigenvalue weighted by atomic mass is 35.5. The first-order valence-electron chi connectivity index (χ1n) is 7.74. The number of para-hydroxylation sites is 1. The van der Waals surface area contributed by atoms with E-state index in [2.05, 4.69) is 20.3 Å². The summed E-state index contributed by atoms with van der Waals surface area (Å²) in [5.41, 5.74) is 0.698. The number of aromatic nitrogens is 3. The molecule has 2 aromatic heterocycles. The maximum absolute atomic E-state index is 13.0. The van der Waals surface area contributed by atoms with Crippen molar-refractivity contribution in [2.45, 2.75) is 18.1 Å². The number of hydrogen-bond acceptors (Lipinski definition) is 5. The molecule has 0 aliphatic rings. The van der Waals surface area contributed by atoms with Gasteiger partial charge in [-0.15, -0.1) is 0 Å². The quantitative estimate of drug-likeness (QED) is 0.429. The summed E-state index contributed by atoms with van der Waals surface area (Å²) >= 11 is 12.9. The average Bonchev–Trinajstić information content (AvgIpc) is 2.65. The first-order valence-corrected chi connectivity index (χ1v) is 9.48. The van der Waals surface area contributed by atoms with Crippen molar-refractivity contribution < 1.29 is 18.0 Å². The molecule has 0 radical (unpaired) electrons. The third-order valence-electron chi connectivity index (χ3n) is 3.62. The summed E-state index contributed by atoms with van der Waals surface area (Å²) in [6.07, 6.45) is -3.35. The number of nitrogens with zero attached hydrogens (tertiary/aromatic N) is 3. The number of alkyl halides is 3. The van der Waals surface area contributed by atoms with Gasteiger partial charge in [0.05, 0.1) is 21.3 Å². The van der Waals surface area contributed by atoms with Crippen molar-refractivity contribution in [3.05, 3.63) is 51.9 Å². The third-order valence-corrected chi connectivity index (χ3v) is 5.46. The normalized spacial score (nSPS) is 11.6. The van der Waals surface area contributed by atoms with Gasteiger partial charge in [-0.3, -0.25) is 4.79 Å². The van der Waals surface area contributed by atoms with Gasteiger partial charge in [0.25, 0.3) is 0 Å². The van der Waals surface area contributed by atoms with Crippen LogP contribution >= 0.6 is 35.0 Å². The van der Waals surface area contributed by atoms with Gasteiger partial charge in [0.1, 0.15) is 5.03 Å². The van der Waals surface area contributed by atoms with Crippen LogP contribution in [-0.2, 0) is 11.0 Å². The van der Waals surface area contributed by atoms with Gasteiger partial charge in [0.2, 0.25) is 11.7 Å². The number of amides is 1. The molecule has 0 saturated carbocycles. The van der Waals surface area contributed by atoms with Gasteiger partial charge < -0.3 is 5.32 Å². The molecule has 0 unspecified atom stereocenters. The van der Waals surface area contributed by atoms with Crippen molar-refractivity contribution in [2.24, 2.45) is 0 Å². The minimum atomic E-state index is -4.69. The summed E-state index contributed by atoms with van der Waals surface area (Å²) in [6.45, 7) is 1.67. The zero-order chi connectivity index (χ0) is 20.5. The average molecular weight is 447 g/mol. The van der Waals surface area contributed by atoms with E-state index in [1.807, 2.05) is 0 Å². The second-order valence-corrected chi connectivity index (χ2v) is 7.35. The van der Waals surface area contributed by atoms with Crippen molar-refractivity contribution in [1.29, 1.82) is 0 Å². The van der Waals surface area contributed by atoms with Crippen molar-refractivity contribution in [3.8, 4) is 0 Å². The van der Waals surface area contributed by atoms with Crippen LogP contribution < -0.4 is 5.32 Å². The van der Waals surface area contributed by atoms with Gasteiger partial charge in [-0.05, 0) is 18.6 Å². The number of carbonyl (C=O) groups excluding carboxylic acids is 1. The van der Waals surface area contributed by atoms with E-state index < -0.39 is 17.9 Å². The molecule has 0 aliphatic carbocycles. The van der Waals surface area contributed by atoms with Crippen molar-refractivity contribution in [3.63, 3.8) is 0 Å². The molecule has 0 spiro atoms. The highest BCUT2D eigenvalue weighted by Crippen LogP contribution is 2.32. The number of pyridine rings is 1. The number of benzene rings is 1. The Morgan fingerprint density at radius 1 is 1.21 bits per heavy atom. The number of thioether (sulfide) groups is 1. The van der Waals surface area contributed by atoms with Gasteiger partial charge in [0, 0.05) is 11.6 Å². The summed E-state index contributed by atoms with van der Waals surface area (Å²) in [4.78, 5) is 23.3. The lowest BCUT2D eigenvalue weighted by Crippen LogP contribution is -2.16. The standard InChI is InChI=1S/C17H11Cl2F3N4OS/c1-8-10(18)6-23-14(13(8)19)25-12(27)7-28-15-9-4-2-3-5-11(9)24-16(26-15)17(20,21)22/h2-6H,7H2,1H3,(H,23,25,27). The molecule has 28 heavy (non-hydrogen) atoms. The zero-order valence-corrected chi connectivity index (χ0v) is 16.5. The molecule has 11 heteroatoms. The smallest absolute Gasteiger partial charge is 0.309 e. The van der Waals surface area contributed by atoms with E-state index in [0.29, 0.717) is 16.0 Å². The minimum absolute atomic E-state index is 0.0550. The van der Waals surface area contributed by atoms with E-state index in [9.17, 15) is 18.0 Å². The number of carbonyl (C=O) groups is 1. The summed E-state index contributed by atoms with van der Waals surface area (Å²) < 4.78 is 39.1. The van der Waals surface area contributed by atoms with Crippen LogP contribution in [0.1, 0.15) is 11.4 Å². The molecule has 0 saturated heterocycles. The number of nitrogens with one attached hydrogen (secondary N) is 1. The van der Waals surface area contributed by atoms with Crippen molar-refractivity contribution in [2.75, 3.05) is 11.1 Å². The van der Waals surface area contributed by atoms with E-state index in [1.54, 1.807) is 25.1 Å². The Bertz CT molecular complexity index is 1060. The lowest BCUT2D eigenvalue weighted by molar-refractivity contribution is -0.145. The lowest BCUT2D eigenvalue weighted by Gasteiger charge is -2.11. The van der Waals surface area contributed by atoms with E-state index >= 15 is 0 Å². The van der Waals surface area contributed by atoms with Crippen LogP contribution in [-0.4, -0.2) is 26.6 Å². The van der Waals surface area contributed by atoms with Gasteiger partial charge in [-0.25, -0.2) is 15.0 Å². The number of anilines is 1. The Hall–Kier alpha value is -2.10. The molecule has 5 nitrogen and oxygen atoms in total. The molecular weight excluding hydrogens is 436 g/mol. The van der Waals surface area contributed by atoms with Crippen LogP contribution in [0.15, 0.2) is 35.5 Å². The Labute approximate surface area is 171 Å². The summed E-state index contributed by atoms with van der Waals surface area (Å²) in [5.74, 6) is -1.83. The summed E-state index contributed by atoms with van der Waals surface area (Å²) in [7, 11) is 0. The van der Waals surface area contributed by atoms with Crippen molar-refractivity contribution >= 4 is 57.6 Å². The Morgan fingerprint density at radius 3 is 2.64 bits per heavy atom. The highest BCUT2D eigenvalue weighted by Gasteiger charge is 2.35. The van der Waals surface area contributed by atoms with E-state index in [0.717, 1.165) is 11.8 Å². The second kappa shape index (κ2) is 8.10. The van der Waals surface area contributed by atoms with Gasteiger partial charge in [-0.2, -0.15) is 13.2 Å².